The first-order valence-electron chi connectivity index (χ1n) is 7.32. The van der Waals surface area contributed by atoms with E-state index < -0.39 is 0 Å². The molecule has 0 radical (unpaired) electrons. The first-order valence-corrected chi connectivity index (χ1v) is 7.32. The van der Waals surface area contributed by atoms with Gasteiger partial charge in [0.05, 0.1) is 13.5 Å². The number of methoxy groups -OCH3 is 1. The number of fused-ring (bicyclic) bond motifs is 1. The topological polar surface area (TPSA) is 29.5 Å². The molecule has 0 spiro atoms. The van der Waals surface area contributed by atoms with E-state index in [1.54, 1.807) is 11.0 Å². The van der Waals surface area contributed by atoms with Crippen LogP contribution in [0.25, 0.3) is 0 Å². The van der Waals surface area contributed by atoms with Gasteiger partial charge in [0.1, 0.15) is 11.6 Å². The minimum atomic E-state index is -0.363. The van der Waals surface area contributed by atoms with Crippen molar-refractivity contribution in [3.8, 4) is 5.75 Å². The maximum absolute atomic E-state index is 13.4. The first-order chi connectivity index (χ1) is 10.6. The van der Waals surface area contributed by atoms with Crippen LogP contribution < -0.4 is 9.64 Å². The van der Waals surface area contributed by atoms with E-state index in [4.69, 9.17) is 4.74 Å². The second-order valence-electron chi connectivity index (χ2n) is 5.58. The molecule has 22 heavy (non-hydrogen) atoms. The molecule has 1 unspecified atom stereocenters. The lowest BCUT2D eigenvalue weighted by Gasteiger charge is -2.23. The van der Waals surface area contributed by atoms with Crippen LogP contribution in [-0.2, 0) is 17.6 Å². The maximum atomic E-state index is 13.4. The SMILES string of the molecule is COc1ccc(F)cc1CC(=O)N1c2ccccc2CC1C. The number of carbonyl (C=O) groups is 1. The largest absolute Gasteiger partial charge is 0.496 e. The van der Waals surface area contributed by atoms with E-state index in [0.29, 0.717) is 11.3 Å². The number of anilines is 1. The monoisotopic (exact) mass is 299 g/mol. The van der Waals surface area contributed by atoms with Crippen LogP contribution >= 0.6 is 0 Å². The third kappa shape index (κ3) is 2.56. The zero-order chi connectivity index (χ0) is 15.7. The van der Waals surface area contributed by atoms with Gasteiger partial charge in [0.25, 0.3) is 0 Å². The van der Waals surface area contributed by atoms with E-state index in [2.05, 4.69) is 0 Å². The van der Waals surface area contributed by atoms with Crippen molar-refractivity contribution < 1.29 is 13.9 Å². The van der Waals surface area contributed by atoms with Crippen LogP contribution in [0.2, 0.25) is 0 Å². The molecule has 1 heterocycles. The average molecular weight is 299 g/mol. The van der Waals surface area contributed by atoms with Crippen molar-refractivity contribution in [1.29, 1.82) is 0 Å². The fraction of sp³-hybridized carbons (Fsp3) is 0.278. The summed E-state index contributed by atoms with van der Waals surface area (Å²) >= 11 is 0. The third-order valence-electron chi connectivity index (χ3n) is 4.06. The summed E-state index contributed by atoms with van der Waals surface area (Å²) in [4.78, 5) is 14.5. The second kappa shape index (κ2) is 5.79. The number of benzene rings is 2. The smallest absolute Gasteiger partial charge is 0.231 e. The molecule has 0 N–H and O–H groups in total. The van der Waals surface area contributed by atoms with Gasteiger partial charge in [-0.15, -0.1) is 0 Å². The maximum Gasteiger partial charge on any atom is 0.231 e. The molecular formula is C18H18FNO2. The summed E-state index contributed by atoms with van der Waals surface area (Å²) in [5.41, 5.74) is 2.70. The van der Waals surface area contributed by atoms with Gasteiger partial charge in [0, 0.05) is 17.3 Å². The molecule has 0 aromatic heterocycles. The van der Waals surface area contributed by atoms with Gasteiger partial charge >= 0.3 is 0 Å². The summed E-state index contributed by atoms with van der Waals surface area (Å²) in [6, 6.07) is 12.3. The number of para-hydroxylation sites is 1. The van der Waals surface area contributed by atoms with Gasteiger partial charge in [0.15, 0.2) is 0 Å². The molecule has 1 atom stereocenters. The molecule has 2 aromatic rings. The summed E-state index contributed by atoms with van der Waals surface area (Å²) in [5.74, 6) is 0.134. The van der Waals surface area contributed by atoms with Gasteiger partial charge in [-0.2, -0.15) is 0 Å². The Kier molecular flexibility index (Phi) is 3.84. The number of halogens is 1. The molecule has 3 rings (SSSR count). The quantitative estimate of drug-likeness (QED) is 0.870. The second-order valence-corrected chi connectivity index (χ2v) is 5.58. The predicted octanol–water partition coefficient (Wildman–Crippen LogP) is 3.35. The van der Waals surface area contributed by atoms with Crippen molar-refractivity contribution in [3.63, 3.8) is 0 Å². The Hall–Kier alpha value is -2.36. The number of hydrogen-bond donors (Lipinski definition) is 0. The van der Waals surface area contributed by atoms with Crippen LogP contribution in [-0.4, -0.2) is 19.1 Å². The molecule has 3 nitrogen and oxygen atoms in total. The van der Waals surface area contributed by atoms with E-state index in [1.165, 1.54) is 24.8 Å². The van der Waals surface area contributed by atoms with Gasteiger partial charge in [-0.3, -0.25) is 4.79 Å². The molecule has 2 aromatic carbocycles. The Morgan fingerprint density at radius 2 is 2.09 bits per heavy atom. The van der Waals surface area contributed by atoms with E-state index in [9.17, 15) is 9.18 Å². The molecule has 1 aliphatic heterocycles. The van der Waals surface area contributed by atoms with Crippen molar-refractivity contribution in [2.75, 3.05) is 12.0 Å². The van der Waals surface area contributed by atoms with Gasteiger partial charge in [0.2, 0.25) is 5.91 Å². The number of rotatable bonds is 3. The fourth-order valence-electron chi connectivity index (χ4n) is 3.08. The number of nitrogens with zero attached hydrogens (tertiary/aromatic N) is 1. The van der Waals surface area contributed by atoms with Crippen LogP contribution in [0.1, 0.15) is 18.1 Å². The highest BCUT2D eigenvalue weighted by Gasteiger charge is 2.30. The molecule has 4 heteroatoms. The highest BCUT2D eigenvalue weighted by atomic mass is 19.1. The Morgan fingerprint density at radius 1 is 1.32 bits per heavy atom. The predicted molar refractivity (Wildman–Crippen MR) is 83.8 cm³/mol. The first kappa shape index (κ1) is 14.6. The van der Waals surface area contributed by atoms with E-state index in [1.807, 2.05) is 31.2 Å². The van der Waals surface area contributed by atoms with Crippen LogP contribution in [0.15, 0.2) is 42.5 Å². The summed E-state index contributed by atoms with van der Waals surface area (Å²) in [6.45, 7) is 2.03. The van der Waals surface area contributed by atoms with Crippen LogP contribution in [0.4, 0.5) is 10.1 Å². The van der Waals surface area contributed by atoms with Crippen molar-refractivity contribution in [2.24, 2.45) is 0 Å². The Bertz CT molecular complexity index is 714. The highest BCUT2D eigenvalue weighted by molar-refractivity contribution is 5.97. The lowest BCUT2D eigenvalue weighted by molar-refractivity contribution is -0.118. The highest BCUT2D eigenvalue weighted by Crippen LogP contribution is 2.33. The lowest BCUT2D eigenvalue weighted by atomic mass is 10.1. The summed E-state index contributed by atoms with van der Waals surface area (Å²) in [6.07, 6.45) is 0.974. The minimum Gasteiger partial charge on any atom is -0.496 e. The van der Waals surface area contributed by atoms with Gasteiger partial charge in [-0.25, -0.2) is 4.39 Å². The van der Waals surface area contributed by atoms with Gasteiger partial charge in [-0.05, 0) is 43.2 Å². The van der Waals surface area contributed by atoms with Crippen molar-refractivity contribution >= 4 is 11.6 Å². The van der Waals surface area contributed by atoms with Crippen molar-refractivity contribution in [1.82, 2.24) is 0 Å². The van der Waals surface area contributed by atoms with Crippen LogP contribution in [0.3, 0.4) is 0 Å². The van der Waals surface area contributed by atoms with E-state index in [0.717, 1.165) is 12.1 Å². The summed E-state index contributed by atoms with van der Waals surface area (Å²) < 4.78 is 18.7. The molecule has 1 aliphatic rings. The Labute approximate surface area is 129 Å². The van der Waals surface area contributed by atoms with Gasteiger partial charge in [-0.1, -0.05) is 18.2 Å². The zero-order valence-corrected chi connectivity index (χ0v) is 12.7. The molecule has 0 saturated heterocycles. The molecule has 0 fully saturated rings. The molecule has 0 aliphatic carbocycles. The standard InChI is InChI=1S/C18H18FNO2/c1-12-9-13-5-3-4-6-16(13)20(12)18(21)11-14-10-15(19)7-8-17(14)22-2/h3-8,10,12H,9,11H2,1-2H3. The minimum absolute atomic E-state index is 0.0404. The third-order valence-corrected chi connectivity index (χ3v) is 4.06. The van der Waals surface area contributed by atoms with Crippen LogP contribution in [0.5, 0.6) is 5.75 Å². The van der Waals surface area contributed by atoms with Crippen molar-refractivity contribution in [2.45, 2.75) is 25.8 Å². The molecule has 0 saturated carbocycles. The number of ether oxygens (including phenoxy) is 1. The molecule has 0 bridgehead atoms. The Morgan fingerprint density at radius 3 is 2.86 bits per heavy atom. The summed E-state index contributed by atoms with van der Waals surface area (Å²) in [7, 11) is 1.52. The Balaban J connectivity index is 1.88. The number of hydrogen-bond acceptors (Lipinski definition) is 2. The molecule has 1 amide bonds. The molecule has 114 valence electrons. The fourth-order valence-corrected chi connectivity index (χ4v) is 3.08. The number of carbonyl (C=O) groups excluding carboxylic acids is 1. The van der Waals surface area contributed by atoms with Gasteiger partial charge < -0.3 is 9.64 Å². The van der Waals surface area contributed by atoms with E-state index >= 15 is 0 Å². The van der Waals surface area contributed by atoms with Crippen LogP contribution in [0, 0.1) is 5.82 Å². The lowest BCUT2D eigenvalue weighted by Crippen LogP contribution is -2.36. The molecular weight excluding hydrogens is 281 g/mol. The normalized spacial score (nSPS) is 16.5. The average Bonchev–Trinajstić information content (AvgIpc) is 2.83. The van der Waals surface area contributed by atoms with Crippen molar-refractivity contribution in [3.05, 3.63) is 59.4 Å². The van der Waals surface area contributed by atoms with E-state index in [-0.39, 0.29) is 24.2 Å². The zero-order valence-electron chi connectivity index (χ0n) is 12.7. The number of amides is 1. The summed E-state index contributed by atoms with van der Waals surface area (Å²) in [5, 5.41) is 0.